The van der Waals surface area contributed by atoms with Gasteiger partial charge in [0.15, 0.2) is 0 Å². The summed E-state index contributed by atoms with van der Waals surface area (Å²) in [4.78, 5) is 19.0. The van der Waals surface area contributed by atoms with Gasteiger partial charge in [-0.2, -0.15) is 5.10 Å². The number of aryl methyl sites for hydroxylation is 4. The number of aromatic nitrogens is 3. The van der Waals surface area contributed by atoms with Gasteiger partial charge in [0.2, 0.25) is 5.91 Å². The standard InChI is InChI=1S/C19H26N4O/c1-15-14-16(9-11-20-15)5-6-18-4-3-13-23(18)19(24)8-7-17-10-12-21-22(17)2/h9-12,14,18H,3-8,13H2,1-2H3/t18-/m1/s1. The molecule has 2 aromatic heterocycles. The third-order valence-electron chi connectivity index (χ3n) is 4.94. The minimum absolute atomic E-state index is 0.282. The molecule has 0 unspecified atom stereocenters. The first-order valence-corrected chi connectivity index (χ1v) is 8.81. The summed E-state index contributed by atoms with van der Waals surface area (Å²) in [6.07, 6.45) is 9.30. The Bertz CT molecular complexity index is 694. The van der Waals surface area contributed by atoms with E-state index in [1.807, 2.05) is 30.9 Å². The molecule has 1 atom stereocenters. The first kappa shape index (κ1) is 16.7. The van der Waals surface area contributed by atoms with Gasteiger partial charge in [0.1, 0.15) is 0 Å². The first-order valence-electron chi connectivity index (χ1n) is 8.81. The number of carbonyl (C=O) groups is 1. The van der Waals surface area contributed by atoms with E-state index in [-0.39, 0.29) is 5.91 Å². The number of rotatable bonds is 6. The molecule has 0 bridgehead atoms. The Hall–Kier alpha value is -2.17. The zero-order valence-electron chi connectivity index (χ0n) is 14.6. The van der Waals surface area contributed by atoms with Crippen molar-refractivity contribution >= 4 is 5.91 Å². The highest BCUT2D eigenvalue weighted by Crippen LogP contribution is 2.23. The third kappa shape index (κ3) is 4.02. The molecule has 1 amide bonds. The number of hydrogen-bond acceptors (Lipinski definition) is 3. The van der Waals surface area contributed by atoms with Crippen molar-refractivity contribution in [2.24, 2.45) is 7.05 Å². The molecule has 0 aliphatic carbocycles. The summed E-state index contributed by atoms with van der Waals surface area (Å²) in [5.74, 6) is 0.282. The van der Waals surface area contributed by atoms with E-state index in [1.165, 1.54) is 5.56 Å². The van der Waals surface area contributed by atoms with Crippen LogP contribution < -0.4 is 0 Å². The van der Waals surface area contributed by atoms with Crippen LogP contribution in [0.1, 0.15) is 42.6 Å². The van der Waals surface area contributed by atoms with Crippen LogP contribution in [0.3, 0.4) is 0 Å². The van der Waals surface area contributed by atoms with Crippen molar-refractivity contribution in [1.82, 2.24) is 19.7 Å². The molecule has 5 heteroatoms. The van der Waals surface area contributed by atoms with Crippen LogP contribution in [0.25, 0.3) is 0 Å². The van der Waals surface area contributed by atoms with Crippen LogP contribution in [0.2, 0.25) is 0 Å². The van der Waals surface area contributed by atoms with Crippen molar-refractivity contribution < 1.29 is 4.79 Å². The van der Waals surface area contributed by atoms with E-state index in [0.717, 1.165) is 50.0 Å². The average Bonchev–Trinajstić information content (AvgIpc) is 3.19. The third-order valence-corrected chi connectivity index (χ3v) is 4.94. The summed E-state index contributed by atoms with van der Waals surface area (Å²) in [7, 11) is 1.93. The molecule has 1 aliphatic rings. The lowest BCUT2D eigenvalue weighted by molar-refractivity contribution is -0.132. The van der Waals surface area contributed by atoms with E-state index in [0.29, 0.717) is 12.5 Å². The molecule has 24 heavy (non-hydrogen) atoms. The quantitative estimate of drug-likeness (QED) is 0.820. The Kier molecular flexibility index (Phi) is 5.28. The zero-order chi connectivity index (χ0) is 16.9. The number of pyridine rings is 1. The molecule has 0 spiro atoms. The molecule has 0 radical (unpaired) electrons. The molecular formula is C19H26N4O. The molecule has 3 heterocycles. The van der Waals surface area contributed by atoms with Gasteiger partial charge in [-0.3, -0.25) is 14.5 Å². The topological polar surface area (TPSA) is 51.0 Å². The van der Waals surface area contributed by atoms with Gasteiger partial charge in [-0.1, -0.05) is 0 Å². The van der Waals surface area contributed by atoms with Crippen LogP contribution in [0, 0.1) is 6.92 Å². The molecule has 1 fully saturated rings. The molecule has 128 valence electrons. The normalized spacial score (nSPS) is 17.4. The summed E-state index contributed by atoms with van der Waals surface area (Å²) in [5.41, 5.74) is 3.49. The number of carbonyl (C=O) groups excluding carboxylic acids is 1. The number of nitrogens with zero attached hydrogens (tertiary/aromatic N) is 4. The summed E-state index contributed by atoms with van der Waals surface area (Å²) in [5, 5.41) is 4.16. The van der Waals surface area contributed by atoms with E-state index in [9.17, 15) is 4.79 Å². The molecule has 5 nitrogen and oxygen atoms in total. The second-order valence-electron chi connectivity index (χ2n) is 6.67. The second-order valence-corrected chi connectivity index (χ2v) is 6.67. The molecule has 0 saturated carbocycles. The second kappa shape index (κ2) is 7.60. The van der Waals surface area contributed by atoms with Gasteiger partial charge in [-0.15, -0.1) is 0 Å². The first-order chi connectivity index (χ1) is 11.6. The smallest absolute Gasteiger partial charge is 0.223 e. The maximum atomic E-state index is 12.6. The highest BCUT2D eigenvalue weighted by atomic mass is 16.2. The molecular weight excluding hydrogens is 300 g/mol. The number of amides is 1. The highest BCUT2D eigenvalue weighted by molar-refractivity contribution is 5.77. The lowest BCUT2D eigenvalue weighted by atomic mass is 10.0. The Morgan fingerprint density at radius 1 is 1.29 bits per heavy atom. The van der Waals surface area contributed by atoms with Gasteiger partial charge >= 0.3 is 0 Å². The van der Waals surface area contributed by atoms with E-state index < -0.39 is 0 Å². The highest BCUT2D eigenvalue weighted by Gasteiger charge is 2.28. The van der Waals surface area contributed by atoms with Gasteiger partial charge in [0, 0.05) is 49.8 Å². The Balaban J connectivity index is 1.52. The molecule has 1 aliphatic heterocycles. The van der Waals surface area contributed by atoms with E-state index >= 15 is 0 Å². The molecule has 3 rings (SSSR count). The van der Waals surface area contributed by atoms with Crippen molar-refractivity contribution in [1.29, 1.82) is 0 Å². The molecule has 0 N–H and O–H groups in total. The van der Waals surface area contributed by atoms with Crippen LogP contribution in [0.4, 0.5) is 0 Å². The van der Waals surface area contributed by atoms with Gasteiger partial charge in [0.25, 0.3) is 0 Å². The van der Waals surface area contributed by atoms with E-state index in [4.69, 9.17) is 0 Å². The van der Waals surface area contributed by atoms with Gasteiger partial charge in [-0.05, 0) is 62.8 Å². The molecule has 1 saturated heterocycles. The average molecular weight is 326 g/mol. The van der Waals surface area contributed by atoms with Crippen molar-refractivity contribution in [3.05, 3.63) is 47.5 Å². The maximum Gasteiger partial charge on any atom is 0.223 e. The van der Waals surface area contributed by atoms with Crippen LogP contribution in [0.5, 0.6) is 0 Å². The Labute approximate surface area is 143 Å². The number of hydrogen-bond donors (Lipinski definition) is 0. The fraction of sp³-hybridized carbons (Fsp3) is 0.526. The van der Waals surface area contributed by atoms with Crippen LogP contribution >= 0.6 is 0 Å². The lowest BCUT2D eigenvalue weighted by Gasteiger charge is -2.25. The number of likely N-dealkylation sites (tertiary alicyclic amines) is 1. The summed E-state index contributed by atoms with van der Waals surface area (Å²) >= 11 is 0. The summed E-state index contributed by atoms with van der Waals surface area (Å²) in [6, 6.07) is 6.60. The largest absolute Gasteiger partial charge is 0.340 e. The minimum atomic E-state index is 0.282. The van der Waals surface area contributed by atoms with E-state index in [1.54, 1.807) is 6.20 Å². The Morgan fingerprint density at radius 2 is 2.17 bits per heavy atom. The van der Waals surface area contributed by atoms with Crippen LogP contribution in [0.15, 0.2) is 30.6 Å². The van der Waals surface area contributed by atoms with Crippen molar-refractivity contribution in [2.45, 2.75) is 51.5 Å². The van der Waals surface area contributed by atoms with E-state index in [2.05, 4.69) is 27.1 Å². The van der Waals surface area contributed by atoms with Crippen molar-refractivity contribution in [3.8, 4) is 0 Å². The van der Waals surface area contributed by atoms with Gasteiger partial charge in [-0.25, -0.2) is 0 Å². The monoisotopic (exact) mass is 326 g/mol. The van der Waals surface area contributed by atoms with Gasteiger partial charge < -0.3 is 4.90 Å². The van der Waals surface area contributed by atoms with Gasteiger partial charge in [0.05, 0.1) is 0 Å². The Morgan fingerprint density at radius 3 is 2.92 bits per heavy atom. The fourth-order valence-electron chi connectivity index (χ4n) is 3.58. The van der Waals surface area contributed by atoms with Crippen molar-refractivity contribution in [2.75, 3.05) is 6.54 Å². The fourth-order valence-corrected chi connectivity index (χ4v) is 3.58. The lowest BCUT2D eigenvalue weighted by Crippen LogP contribution is -2.36. The predicted octanol–water partition coefficient (Wildman–Crippen LogP) is 2.68. The minimum Gasteiger partial charge on any atom is -0.340 e. The summed E-state index contributed by atoms with van der Waals surface area (Å²) < 4.78 is 1.85. The predicted molar refractivity (Wildman–Crippen MR) is 93.6 cm³/mol. The molecule has 0 aromatic carbocycles. The van der Waals surface area contributed by atoms with Crippen LogP contribution in [-0.4, -0.2) is 38.2 Å². The SMILES string of the molecule is Cc1cc(CC[C@H]2CCCN2C(=O)CCc2ccnn2C)ccn1. The van der Waals surface area contributed by atoms with Crippen molar-refractivity contribution in [3.63, 3.8) is 0 Å². The van der Waals surface area contributed by atoms with Crippen LogP contribution in [-0.2, 0) is 24.7 Å². The summed E-state index contributed by atoms with van der Waals surface area (Å²) in [6.45, 7) is 2.93. The zero-order valence-corrected chi connectivity index (χ0v) is 14.6. The maximum absolute atomic E-state index is 12.6. The molecule has 2 aromatic rings.